The Bertz CT molecular complexity index is 742. The molecule has 1 atom stereocenters. The van der Waals surface area contributed by atoms with Crippen LogP contribution >= 0.6 is 46.6 Å². The Labute approximate surface area is 165 Å². The van der Waals surface area contributed by atoms with Gasteiger partial charge in [0.15, 0.2) is 5.16 Å². The molecule has 1 heterocycles. The van der Waals surface area contributed by atoms with Crippen molar-refractivity contribution in [3.63, 3.8) is 0 Å². The van der Waals surface area contributed by atoms with Crippen LogP contribution in [-0.4, -0.2) is 39.6 Å². The van der Waals surface area contributed by atoms with Crippen LogP contribution in [0, 0.1) is 0 Å². The second kappa shape index (κ2) is 9.64. The Balaban J connectivity index is 1.99. The quantitative estimate of drug-likeness (QED) is 0.387. The minimum atomic E-state index is -0.407. The molecule has 0 aliphatic rings. The van der Waals surface area contributed by atoms with Gasteiger partial charge in [-0.3, -0.25) is 4.79 Å². The van der Waals surface area contributed by atoms with Crippen LogP contribution in [0.15, 0.2) is 23.6 Å². The number of aromatic nitrogens is 3. The molecule has 0 aliphatic heterocycles. The average molecular weight is 424 g/mol. The van der Waals surface area contributed by atoms with Gasteiger partial charge in [-0.2, -0.15) is 0 Å². The Morgan fingerprint density at radius 2 is 2.04 bits per heavy atom. The zero-order valence-corrected chi connectivity index (χ0v) is 16.7. The van der Waals surface area contributed by atoms with Crippen molar-refractivity contribution in [3.05, 3.63) is 33.5 Å². The third-order valence-electron chi connectivity index (χ3n) is 3.25. The van der Waals surface area contributed by atoms with Crippen molar-refractivity contribution in [1.82, 2.24) is 14.8 Å². The number of benzene rings is 1. The largest absolute Gasteiger partial charge is 0.385 e. The summed E-state index contributed by atoms with van der Waals surface area (Å²) in [6.45, 7) is 3.14. The van der Waals surface area contributed by atoms with Gasteiger partial charge >= 0.3 is 0 Å². The Morgan fingerprint density at radius 1 is 1.32 bits per heavy atom. The van der Waals surface area contributed by atoms with Gasteiger partial charge in [0, 0.05) is 20.3 Å². The average Bonchev–Trinajstić information content (AvgIpc) is 3.00. The molecule has 1 unspecified atom stereocenters. The van der Waals surface area contributed by atoms with Crippen molar-refractivity contribution in [3.8, 4) is 0 Å². The molecule has 1 N–H and O–H groups in total. The Kier molecular flexibility index (Phi) is 7.83. The number of amides is 1. The lowest BCUT2D eigenvalue weighted by atomic mass is 10.3. The van der Waals surface area contributed by atoms with E-state index in [-0.39, 0.29) is 5.91 Å². The van der Waals surface area contributed by atoms with Gasteiger partial charge in [0.25, 0.3) is 0 Å². The molecule has 0 fully saturated rings. The van der Waals surface area contributed by atoms with E-state index in [1.807, 2.05) is 4.57 Å². The first-order chi connectivity index (χ1) is 11.9. The fraction of sp³-hybridized carbons (Fsp3) is 0.400. The number of methoxy groups -OCH3 is 1. The maximum absolute atomic E-state index is 12.4. The molecule has 10 heteroatoms. The van der Waals surface area contributed by atoms with Crippen molar-refractivity contribution in [2.45, 2.75) is 30.3 Å². The maximum Gasteiger partial charge on any atom is 0.237 e. The standard InChI is InChI=1S/C15H17Cl3N4O2S/c1-9(25-15-21-19-8-22(15)4-3-5-24-2)14(23)20-13-7-11(17)10(16)6-12(13)18/h6-9H,3-5H2,1-2H3,(H,20,23). The lowest BCUT2D eigenvalue weighted by Crippen LogP contribution is -2.23. The number of thioether (sulfide) groups is 1. The maximum atomic E-state index is 12.4. The highest BCUT2D eigenvalue weighted by atomic mass is 35.5. The summed E-state index contributed by atoms with van der Waals surface area (Å²) in [7, 11) is 1.66. The van der Waals surface area contributed by atoms with Gasteiger partial charge in [-0.25, -0.2) is 0 Å². The first kappa shape index (κ1) is 20.3. The van der Waals surface area contributed by atoms with Gasteiger partial charge in [-0.05, 0) is 25.5 Å². The molecule has 6 nitrogen and oxygen atoms in total. The van der Waals surface area contributed by atoms with Gasteiger partial charge in [0.1, 0.15) is 6.33 Å². The molecule has 1 amide bonds. The summed E-state index contributed by atoms with van der Waals surface area (Å²) in [5.74, 6) is -0.225. The Hall–Kier alpha value is -0.990. The molecule has 1 aromatic heterocycles. The molecule has 136 valence electrons. The summed E-state index contributed by atoms with van der Waals surface area (Å²) in [5, 5.41) is 11.9. The van der Waals surface area contributed by atoms with Gasteiger partial charge < -0.3 is 14.6 Å². The van der Waals surface area contributed by atoms with Crippen LogP contribution in [0.5, 0.6) is 0 Å². The lowest BCUT2D eigenvalue weighted by Gasteiger charge is -2.14. The van der Waals surface area contributed by atoms with Gasteiger partial charge in [-0.15, -0.1) is 10.2 Å². The molecule has 0 saturated carbocycles. The van der Waals surface area contributed by atoms with E-state index in [9.17, 15) is 4.79 Å². The minimum absolute atomic E-state index is 0.225. The highest BCUT2D eigenvalue weighted by Gasteiger charge is 2.19. The molecule has 1 aromatic carbocycles. The normalized spacial score (nSPS) is 12.2. The fourth-order valence-corrected chi connectivity index (χ4v) is 3.38. The third kappa shape index (κ3) is 5.76. The van der Waals surface area contributed by atoms with Crippen molar-refractivity contribution in [2.75, 3.05) is 19.0 Å². The van der Waals surface area contributed by atoms with Crippen LogP contribution in [0.2, 0.25) is 15.1 Å². The molecular formula is C15H17Cl3N4O2S. The number of ether oxygens (including phenoxy) is 1. The van der Waals surface area contributed by atoms with E-state index in [2.05, 4.69) is 15.5 Å². The summed E-state index contributed by atoms with van der Waals surface area (Å²) < 4.78 is 6.93. The summed E-state index contributed by atoms with van der Waals surface area (Å²) in [4.78, 5) is 12.4. The highest BCUT2D eigenvalue weighted by Crippen LogP contribution is 2.33. The van der Waals surface area contributed by atoms with Crippen LogP contribution < -0.4 is 5.32 Å². The topological polar surface area (TPSA) is 69.0 Å². The van der Waals surface area contributed by atoms with E-state index in [1.54, 1.807) is 20.4 Å². The van der Waals surface area contributed by atoms with Crippen LogP contribution in [-0.2, 0) is 16.1 Å². The van der Waals surface area contributed by atoms with Crippen LogP contribution in [0.1, 0.15) is 13.3 Å². The first-order valence-corrected chi connectivity index (χ1v) is 9.42. The van der Waals surface area contributed by atoms with Crippen molar-refractivity contribution >= 4 is 58.2 Å². The summed E-state index contributed by atoms with van der Waals surface area (Å²) in [6, 6.07) is 3.01. The number of halogens is 3. The highest BCUT2D eigenvalue weighted by molar-refractivity contribution is 8.00. The zero-order valence-electron chi connectivity index (χ0n) is 13.6. The molecule has 25 heavy (non-hydrogen) atoms. The minimum Gasteiger partial charge on any atom is -0.385 e. The summed E-state index contributed by atoms with van der Waals surface area (Å²) >= 11 is 19.3. The molecule has 0 radical (unpaired) electrons. The SMILES string of the molecule is COCCCn1cnnc1SC(C)C(=O)Nc1cc(Cl)c(Cl)cc1Cl. The van der Waals surface area contributed by atoms with Crippen molar-refractivity contribution in [2.24, 2.45) is 0 Å². The van der Waals surface area contributed by atoms with Gasteiger partial charge in [0.2, 0.25) is 5.91 Å². The molecule has 0 saturated heterocycles. The molecule has 0 aliphatic carbocycles. The van der Waals surface area contributed by atoms with Crippen molar-refractivity contribution in [1.29, 1.82) is 0 Å². The number of rotatable bonds is 8. The second-order valence-corrected chi connectivity index (χ2v) is 7.68. The molecule has 2 rings (SSSR count). The number of carbonyl (C=O) groups is 1. The predicted octanol–water partition coefficient (Wildman–Crippen LogP) is 4.39. The van der Waals surface area contributed by atoms with Gasteiger partial charge in [-0.1, -0.05) is 46.6 Å². The fourth-order valence-electron chi connectivity index (χ4n) is 1.93. The van der Waals surface area contributed by atoms with Crippen LogP contribution in [0.3, 0.4) is 0 Å². The number of hydrogen-bond acceptors (Lipinski definition) is 5. The number of aryl methyl sites for hydroxylation is 1. The van der Waals surface area contributed by atoms with Crippen LogP contribution in [0.25, 0.3) is 0 Å². The van der Waals surface area contributed by atoms with E-state index in [0.717, 1.165) is 13.0 Å². The molecule has 0 bridgehead atoms. The summed E-state index contributed by atoms with van der Waals surface area (Å²) in [5.41, 5.74) is 0.412. The van der Waals surface area contributed by atoms with Gasteiger partial charge in [0.05, 0.1) is 26.0 Å². The predicted molar refractivity (Wildman–Crippen MR) is 102 cm³/mol. The number of hydrogen-bond donors (Lipinski definition) is 1. The first-order valence-electron chi connectivity index (χ1n) is 7.41. The molecule has 0 spiro atoms. The van der Waals surface area contributed by atoms with Crippen molar-refractivity contribution < 1.29 is 9.53 Å². The number of carbonyl (C=O) groups excluding carboxylic acids is 1. The third-order valence-corrected chi connectivity index (χ3v) is 5.38. The summed E-state index contributed by atoms with van der Waals surface area (Å²) in [6.07, 6.45) is 2.47. The monoisotopic (exact) mass is 422 g/mol. The zero-order chi connectivity index (χ0) is 18.4. The second-order valence-electron chi connectivity index (χ2n) is 5.15. The smallest absolute Gasteiger partial charge is 0.237 e. The van der Waals surface area contributed by atoms with E-state index in [1.165, 1.54) is 23.9 Å². The number of nitrogens with zero attached hydrogens (tertiary/aromatic N) is 3. The van der Waals surface area contributed by atoms with E-state index in [4.69, 9.17) is 39.5 Å². The molecule has 2 aromatic rings. The molecular weight excluding hydrogens is 407 g/mol. The number of anilines is 1. The van der Waals surface area contributed by atoms with E-state index in [0.29, 0.717) is 32.5 Å². The Morgan fingerprint density at radius 3 is 2.76 bits per heavy atom. The lowest BCUT2D eigenvalue weighted by molar-refractivity contribution is -0.115. The van der Waals surface area contributed by atoms with E-state index >= 15 is 0 Å². The van der Waals surface area contributed by atoms with Crippen LogP contribution in [0.4, 0.5) is 5.69 Å². The number of nitrogens with one attached hydrogen (secondary N) is 1. The van der Waals surface area contributed by atoms with E-state index < -0.39 is 5.25 Å².